The lowest BCUT2D eigenvalue weighted by Gasteiger charge is -2.24. The van der Waals surface area contributed by atoms with Gasteiger partial charge in [-0.25, -0.2) is 4.68 Å². The lowest BCUT2D eigenvalue weighted by molar-refractivity contribution is -0.181. The van der Waals surface area contributed by atoms with Crippen LogP contribution in [0.3, 0.4) is 0 Å². The first-order chi connectivity index (χ1) is 16.1. The maximum atomic E-state index is 13.2. The zero-order chi connectivity index (χ0) is 26.3. The topological polar surface area (TPSA) is 142 Å². The zero-order valence-electron chi connectivity index (χ0n) is 19.9. The third-order valence-electron chi connectivity index (χ3n) is 5.87. The average molecular weight is 493 g/mol. The number of nitrogen functional groups attached to an aromatic ring is 1. The smallest absolute Gasteiger partial charge is 0.383 e. The van der Waals surface area contributed by atoms with Crippen molar-refractivity contribution < 1.29 is 27.3 Å². The molecule has 0 saturated carbocycles. The van der Waals surface area contributed by atoms with Gasteiger partial charge in [0.1, 0.15) is 28.2 Å². The Morgan fingerprint density at radius 3 is 2.23 bits per heavy atom. The van der Waals surface area contributed by atoms with Crippen LogP contribution in [0, 0.1) is 0 Å². The number of nitrogens with one attached hydrogen (secondary N) is 1. The van der Waals surface area contributed by atoms with Gasteiger partial charge in [0.25, 0.3) is 5.91 Å². The van der Waals surface area contributed by atoms with E-state index in [2.05, 4.69) is 15.6 Å². The minimum Gasteiger partial charge on any atom is -0.383 e. The molecule has 3 aromatic rings. The van der Waals surface area contributed by atoms with Crippen LogP contribution in [-0.2, 0) is 10.2 Å². The summed E-state index contributed by atoms with van der Waals surface area (Å²) in [5.74, 6) is -1.91. The summed E-state index contributed by atoms with van der Waals surface area (Å²) < 4.78 is 46.1. The molecule has 3 rings (SSSR count). The van der Waals surface area contributed by atoms with Gasteiger partial charge in [-0.05, 0) is 40.2 Å². The molecule has 0 bridgehead atoms. The highest BCUT2D eigenvalue weighted by atomic mass is 19.4. The minimum atomic E-state index is -4.54. The van der Waals surface area contributed by atoms with Crippen LogP contribution in [0.4, 0.5) is 24.9 Å². The lowest BCUT2D eigenvalue weighted by Crippen LogP contribution is -2.36. The molecule has 1 unspecified atom stereocenters. The van der Waals surface area contributed by atoms with E-state index in [9.17, 15) is 22.8 Å². The number of alkyl halides is 3. The number of hydrogen-bond donors (Lipinski definition) is 3. The van der Waals surface area contributed by atoms with E-state index in [0.717, 1.165) is 19.9 Å². The summed E-state index contributed by atoms with van der Waals surface area (Å²) in [6.07, 6.45) is -4.54. The number of aromatic nitrogens is 3. The second kappa shape index (κ2) is 9.08. The molecule has 5 N–H and O–H groups in total. The van der Waals surface area contributed by atoms with Crippen molar-refractivity contribution >= 4 is 23.5 Å². The van der Waals surface area contributed by atoms with Gasteiger partial charge in [0, 0.05) is 17.7 Å². The van der Waals surface area contributed by atoms with Crippen molar-refractivity contribution in [3.8, 4) is 11.3 Å². The van der Waals surface area contributed by atoms with E-state index >= 15 is 0 Å². The van der Waals surface area contributed by atoms with Crippen molar-refractivity contribution in [3.05, 3.63) is 47.2 Å². The van der Waals surface area contributed by atoms with E-state index in [-0.39, 0.29) is 29.0 Å². The van der Waals surface area contributed by atoms with E-state index in [1.807, 2.05) is 13.8 Å². The van der Waals surface area contributed by atoms with Gasteiger partial charge < -0.3 is 16.0 Å². The zero-order valence-corrected chi connectivity index (χ0v) is 19.9. The monoisotopic (exact) mass is 492 g/mol. The largest absolute Gasteiger partial charge is 0.399 e. The van der Waals surface area contributed by atoms with Gasteiger partial charge in [-0.3, -0.25) is 14.9 Å². The number of benzene rings is 1. The van der Waals surface area contributed by atoms with Crippen LogP contribution in [0.1, 0.15) is 68.2 Å². The molecule has 0 aliphatic heterocycles. The van der Waals surface area contributed by atoms with E-state index in [1.165, 1.54) is 4.68 Å². The average Bonchev–Trinajstić information content (AvgIpc) is 3.37. The number of anilines is 2. The first-order valence-corrected chi connectivity index (χ1v) is 10.8. The molecule has 9 nitrogen and oxygen atoms in total. The summed E-state index contributed by atoms with van der Waals surface area (Å²) >= 11 is 0. The maximum Gasteiger partial charge on any atom is 0.399 e. The Bertz CT molecular complexity index is 1240. The molecule has 2 aromatic heterocycles. The Balaban J connectivity index is 1.79. The van der Waals surface area contributed by atoms with Crippen molar-refractivity contribution in [1.29, 1.82) is 0 Å². The molecule has 188 valence electrons. The van der Waals surface area contributed by atoms with Crippen molar-refractivity contribution in [2.45, 2.75) is 58.2 Å². The summed E-state index contributed by atoms with van der Waals surface area (Å²) in [6.45, 7) is 7.30. The van der Waals surface area contributed by atoms with E-state index < -0.39 is 29.3 Å². The van der Waals surface area contributed by atoms with E-state index in [1.54, 1.807) is 31.2 Å². The van der Waals surface area contributed by atoms with Crippen molar-refractivity contribution in [2.75, 3.05) is 11.1 Å². The molecule has 1 aromatic carbocycles. The molecule has 1 atom stereocenters. The third-order valence-corrected chi connectivity index (χ3v) is 5.87. The number of rotatable bonds is 7. The number of amides is 2. The normalized spacial score (nSPS) is 13.2. The van der Waals surface area contributed by atoms with Crippen LogP contribution in [0.2, 0.25) is 0 Å². The van der Waals surface area contributed by atoms with Crippen molar-refractivity contribution in [2.24, 2.45) is 5.73 Å². The Labute approximate surface area is 199 Å². The highest BCUT2D eigenvalue weighted by molar-refractivity contribution is 6.03. The quantitative estimate of drug-likeness (QED) is 0.447. The Hall–Kier alpha value is -3.83. The molecule has 2 heterocycles. The lowest BCUT2D eigenvalue weighted by atomic mass is 9.89. The number of nitrogens with two attached hydrogens (primary N) is 2. The second-order valence-electron chi connectivity index (χ2n) is 9.04. The fraction of sp³-hybridized carbons (Fsp3) is 0.391. The minimum absolute atomic E-state index is 0.0943. The summed E-state index contributed by atoms with van der Waals surface area (Å²) in [6, 6.07) is 7.67. The summed E-state index contributed by atoms with van der Waals surface area (Å²) in [4.78, 5) is 24.6. The van der Waals surface area contributed by atoms with Gasteiger partial charge in [0.2, 0.25) is 11.8 Å². The van der Waals surface area contributed by atoms with E-state index in [4.69, 9.17) is 16.0 Å². The number of primary amides is 1. The third kappa shape index (κ3) is 4.86. The molecule has 0 aliphatic carbocycles. The molecule has 12 heteroatoms. The molecular formula is C23H27F3N6O3. The SMILES string of the molecule is CC(C(=O)Nc1cc(C(C)(C)C(F)(F)F)no1)c1ccc(-c2nn(C(C)C)c(N)c2C(N)=O)cc1. The summed E-state index contributed by atoms with van der Waals surface area (Å²) in [7, 11) is 0. The van der Waals surface area contributed by atoms with Gasteiger partial charge in [-0.15, -0.1) is 0 Å². The second-order valence-corrected chi connectivity index (χ2v) is 9.04. The Morgan fingerprint density at radius 2 is 1.71 bits per heavy atom. The standard InChI is InChI=1S/C23H27F3N6O3/c1-11(2)32-19(27)17(20(28)33)18(30-32)14-8-6-13(7-9-14)12(3)21(34)29-16-10-15(31-35-16)22(4,5)23(24,25)26/h6-12H,27H2,1-5H3,(H2,28,33)(H,29,34). The summed E-state index contributed by atoms with van der Waals surface area (Å²) in [5.41, 5.74) is 10.6. The van der Waals surface area contributed by atoms with Crippen LogP contribution < -0.4 is 16.8 Å². The number of nitrogens with zero attached hydrogens (tertiary/aromatic N) is 3. The van der Waals surface area contributed by atoms with Gasteiger partial charge in [0.15, 0.2) is 0 Å². The van der Waals surface area contributed by atoms with Crippen LogP contribution in [0.5, 0.6) is 0 Å². The molecular weight excluding hydrogens is 465 g/mol. The first kappa shape index (κ1) is 25.8. The van der Waals surface area contributed by atoms with Gasteiger partial charge >= 0.3 is 6.18 Å². The van der Waals surface area contributed by atoms with Crippen LogP contribution in [0.25, 0.3) is 11.3 Å². The number of halogens is 3. The van der Waals surface area contributed by atoms with Gasteiger partial charge in [-0.1, -0.05) is 29.4 Å². The maximum absolute atomic E-state index is 13.2. The van der Waals surface area contributed by atoms with Crippen molar-refractivity contribution in [3.63, 3.8) is 0 Å². The predicted octanol–water partition coefficient (Wildman–Crippen LogP) is 4.38. The van der Waals surface area contributed by atoms with Crippen molar-refractivity contribution in [1.82, 2.24) is 14.9 Å². The number of carbonyl (C=O) groups is 2. The highest BCUT2D eigenvalue weighted by Gasteiger charge is 2.50. The number of carbonyl (C=O) groups excluding carboxylic acids is 2. The Morgan fingerprint density at radius 1 is 1.11 bits per heavy atom. The Kier molecular flexibility index (Phi) is 6.69. The van der Waals surface area contributed by atoms with Gasteiger partial charge in [0.05, 0.1) is 5.92 Å². The van der Waals surface area contributed by atoms with Crippen LogP contribution in [-0.4, -0.2) is 32.9 Å². The fourth-order valence-electron chi connectivity index (χ4n) is 3.37. The molecule has 35 heavy (non-hydrogen) atoms. The van der Waals surface area contributed by atoms with E-state index in [0.29, 0.717) is 16.8 Å². The molecule has 0 fully saturated rings. The molecule has 2 amide bonds. The van der Waals surface area contributed by atoms with Gasteiger partial charge in [-0.2, -0.15) is 18.3 Å². The molecule has 0 aliphatic rings. The van der Waals surface area contributed by atoms with Crippen LogP contribution >= 0.6 is 0 Å². The van der Waals surface area contributed by atoms with Crippen LogP contribution in [0.15, 0.2) is 34.9 Å². The summed E-state index contributed by atoms with van der Waals surface area (Å²) in [5, 5.41) is 10.3. The first-order valence-electron chi connectivity index (χ1n) is 10.8. The molecule has 0 saturated heterocycles. The predicted molar refractivity (Wildman–Crippen MR) is 124 cm³/mol. The fourth-order valence-corrected chi connectivity index (χ4v) is 3.37. The highest BCUT2D eigenvalue weighted by Crippen LogP contribution is 2.40. The molecule has 0 radical (unpaired) electrons. The number of hydrogen-bond acceptors (Lipinski definition) is 6. The molecule has 0 spiro atoms.